The zero-order valence-electron chi connectivity index (χ0n) is 6.09. The highest BCUT2D eigenvalue weighted by Crippen LogP contribution is 2.02. The smallest absolute Gasteiger partial charge is 0.117 e. The molecule has 0 aliphatic heterocycles. The SMILES string of the molecule is [Al][CH2]CCc1ccccc1. The van der Waals surface area contributed by atoms with Crippen LogP contribution >= 0.6 is 0 Å². The molecule has 1 heteroatoms. The average Bonchev–Trinajstić information content (AvgIpc) is 2.03. The van der Waals surface area contributed by atoms with E-state index in [1.54, 1.807) is 0 Å². The van der Waals surface area contributed by atoms with Gasteiger partial charge in [0.1, 0.15) is 16.3 Å². The Bertz CT molecular complexity index is 169. The predicted octanol–water partition coefficient (Wildman–Crippen LogP) is 2.21. The quantitative estimate of drug-likeness (QED) is 0.573. The molecule has 0 heterocycles. The first-order chi connectivity index (χ1) is 4.93. The lowest BCUT2D eigenvalue weighted by Gasteiger charge is -1.96. The van der Waals surface area contributed by atoms with Crippen LogP contribution in [0.2, 0.25) is 5.28 Å². The Kier molecular flexibility index (Phi) is 3.57. The Morgan fingerprint density at radius 3 is 2.40 bits per heavy atom. The van der Waals surface area contributed by atoms with Crippen molar-refractivity contribution in [2.75, 3.05) is 0 Å². The van der Waals surface area contributed by atoms with Gasteiger partial charge in [-0.15, -0.1) is 5.28 Å². The van der Waals surface area contributed by atoms with Gasteiger partial charge in [-0.2, -0.15) is 0 Å². The molecule has 1 aromatic rings. The van der Waals surface area contributed by atoms with Gasteiger partial charge in [-0.1, -0.05) is 36.8 Å². The Labute approximate surface area is 70.7 Å². The number of hydrogen-bond acceptors (Lipinski definition) is 0. The monoisotopic (exact) mass is 146 g/mol. The second-order valence-corrected chi connectivity index (χ2v) is 2.96. The minimum Gasteiger partial charge on any atom is -0.117 e. The predicted molar refractivity (Wildman–Crippen MR) is 45.3 cm³/mol. The molecular formula is C9H11Al. The first kappa shape index (κ1) is 7.86. The highest BCUT2D eigenvalue weighted by molar-refractivity contribution is 6.08. The maximum absolute atomic E-state index is 2.75. The van der Waals surface area contributed by atoms with Crippen molar-refractivity contribution in [1.82, 2.24) is 0 Å². The lowest BCUT2D eigenvalue weighted by atomic mass is 10.1. The Balaban J connectivity index is 2.43. The van der Waals surface area contributed by atoms with Crippen LogP contribution in [0.3, 0.4) is 0 Å². The molecule has 0 saturated carbocycles. The van der Waals surface area contributed by atoms with Gasteiger partial charge in [-0.25, -0.2) is 0 Å². The lowest BCUT2D eigenvalue weighted by molar-refractivity contribution is 0.919. The van der Waals surface area contributed by atoms with Gasteiger partial charge < -0.3 is 0 Å². The van der Waals surface area contributed by atoms with Gasteiger partial charge >= 0.3 is 0 Å². The second kappa shape index (κ2) is 4.55. The van der Waals surface area contributed by atoms with E-state index in [-0.39, 0.29) is 0 Å². The molecule has 10 heavy (non-hydrogen) atoms. The molecule has 1 rings (SSSR count). The molecule has 1 aromatic carbocycles. The molecule has 0 aliphatic rings. The van der Waals surface area contributed by atoms with Gasteiger partial charge in [0.15, 0.2) is 0 Å². The Morgan fingerprint density at radius 1 is 1.10 bits per heavy atom. The van der Waals surface area contributed by atoms with Crippen LogP contribution in [0.25, 0.3) is 0 Å². The van der Waals surface area contributed by atoms with Crippen LogP contribution in [0.1, 0.15) is 12.0 Å². The largest absolute Gasteiger partial charge is 0.118 e. The fourth-order valence-electron chi connectivity index (χ4n) is 0.951. The molecule has 0 amide bonds. The van der Waals surface area contributed by atoms with E-state index < -0.39 is 0 Å². The fraction of sp³-hybridized carbons (Fsp3) is 0.333. The number of hydrogen-bond donors (Lipinski definition) is 0. The first-order valence-electron chi connectivity index (χ1n) is 3.67. The molecule has 0 atom stereocenters. The molecule has 0 N–H and O–H groups in total. The van der Waals surface area contributed by atoms with Gasteiger partial charge in [-0.3, -0.25) is 0 Å². The van der Waals surface area contributed by atoms with E-state index in [1.165, 1.54) is 23.7 Å². The molecule has 50 valence electrons. The molecule has 0 aliphatic carbocycles. The number of benzene rings is 1. The third kappa shape index (κ3) is 2.56. The van der Waals surface area contributed by atoms with Gasteiger partial charge in [0.25, 0.3) is 0 Å². The summed E-state index contributed by atoms with van der Waals surface area (Å²) in [7, 11) is 0. The van der Waals surface area contributed by atoms with Crippen LogP contribution in [-0.2, 0) is 6.42 Å². The number of rotatable bonds is 3. The van der Waals surface area contributed by atoms with Crippen molar-refractivity contribution in [2.24, 2.45) is 0 Å². The van der Waals surface area contributed by atoms with E-state index >= 15 is 0 Å². The highest BCUT2D eigenvalue weighted by atomic mass is 27.0. The van der Waals surface area contributed by atoms with Crippen molar-refractivity contribution in [2.45, 2.75) is 18.1 Å². The topological polar surface area (TPSA) is 0 Å². The first-order valence-corrected chi connectivity index (χ1v) is 4.49. The van der Waals surface area contributed by atoms with Crippen molar-refractivity contribution >= 4 is 16.3 Å². The second-order valence-electron chi connectivity index (χ2n) is 2.38. The molecule has 0 unspecified atom stereocenters. The van der Waals surface area contributed by atoms with E-state index in [1.807, 2.05) is 0 Å². The van der Waals surface area contributed by atoms with Crippen molar-refractivity contribution in [1.29, 1.82) is 0 Å². The molecule has 0 bridgehead atoms. The van der Waals surface area contributed by atoms with Crippen molar-refractivity contribution < 1.29 is 0 Å². The molecule has 0 spiro atoms. The van der Waals surface area contributed by atoms with Crippen LogP contribution in [0.5, 0.6) is 0 Å². The van der Waals surface area contributed by atoms with Gasteiger partial charge in [0.05, 0.1) is 0 Å². The maximum Gasteiger partial charge on any atom is 0.118 e. The summed E-state index contributed by atoms with van der Waals surface area (Å²) in [6.07, 6.45) is 2.49. The van der Waals surface area contributed by atoms with E-state index in [2.05, 4.69) is 46.6 Å². The summed E-state index contributed by atoms with van der Waals surface area (Å²) < 4.78 is 0. The van der Waals surface area contributed by atoms with E-state index in [4.69, 9.17) is 0 Å². The zero-order chi connectivity index (χ0) is 7.23. The van der Waals surface area contributed by atoms with E-state index in [0.717, 1.165) is 0 Å². The third-order valence-electron chi connectivity index (χ3n) is 1.51. The molecule has 0 fully saturated rings. The van der Waals surface area contributed by atoms with E-state index in [0.29, 0.717) is 0 Å². The van der Waals surface area contributed by atoms with Crippen LogP contribution < -0.4 is 0 Å². The summed E-state index contributed by atoms with van der Waals surface area (Å²) in [6.45, 7) is 0. The molecular weight excluding hydrogens is 135 g/mol. The lowest BCUT2D eigenvalue weighted by Crippen LogP contribution is -1.82. The third-order valence-corrected chi connectivity index (χ3v) is 1.92. The average molecular weight is 146 g/mol. The minimum atomic E-state index is 1.20. The van der Waals surface area contributed by atoms with Crippen LogP contribution in [0.15, 0.2) is 30.3 Å². The molecule has 0 saturated heterocycles. The Morgan fingerprint density at radius 2 is 1.80 bits per heavy atom. The van der Waals surface area contributed by atoms with E-state index in [9.17, 15) is 0 Å². The van der Waals surface area contributed by atoms with Crippen LogP contribution in [0.4, 0.5) is 0 Å². The van der Waals surface area contributed by atoms with Crippen molar-refractivity contribution in [3.8, 4) is 0 Å². The fourth-order valence-corrected chi connectivity index (χ4v) is 1.15. The summed E-state index contributed by atoms with van der Waals surface area (Å²) in [5.41, 5.74) is 1.45. The summed E-state index contributed by atoms with van der Waals surface area (Å²) in [6, 6.07) is 10.6. The van der Waals surface area contributed by atoms with Gasteiger partial charge in [0, 0.05) is 0 Å². The summed E-state index contributed by atoms with van der Waals surface area (Å²) >= 11 is 2.75. The summed E-state index contributed by atoms with van der Waals surface area (Å²) in [5, 5.41) is 1.20. The van der Waals surface area contributed by atoms with Crippen molar-refractivity contribution in [3.63, 3.8) is 0 Å². The van der Waals surface area contributed by atoms with Crippen molar-refractivity contribution in [3.05, 3.63) is 35.9 Å². The molecule has 0 nitrogen and oxygen atoms in total. The zero-order valence-corrected chi connectivity index (χ0v) is 7.24. The summed E-state index contributed by atoms with van der Waals surface area (Å²) in [4.78, 5) is 0. The molecule has 2 radical (unpaired) electrons. The Hall–Kier alpha value is -0.248. The highest BCUT2D eigenvalue weighted by Gasteiger charge is 1.87. The van der Waals surface area contributed by atoms with Crippen LogP contribution in [-0.4, -0.2) is 16.3 Å². The summed E-state index contributed by atoms with van der Waals surface area (Å²) in [5.74, 6) is 0. The van der Waals surface area contributed by atoms with Crippen LogP contribution in [0, 0.1) is 0 Å². The van der Waals surface area contributed by atoms with Gasteiger partial charge in [-0.05, 0) is 12.0 Å². The molecule has 0 aromatic heterocycles. The maximum atomic E-state index is 2.75. The normalized spacial score (nSPS) is 9.60. The minimum absolute atomic E-state index is 1.20. The standard InChI is InChI=1S/C9H11.Al/c1-2-6-9-7-4-3-5-8-9;/h3-5,7-8H,1-2,6H2;. The number of aryl methyl sites for hydroxylation is 1. The van der Waals surface area contributed by atoms with Gasteiger partial charge in [0.2, 0.25) is 0 Å².